The maximum Gasteiger partial charge on any atom is 0.349 e. The number of rotatable bonds is 6. The average Bonchev–Trinajstić information content (AvgIpc) is 3.30. The molecule has 0 radical (unpaired) electrons. The number of ether oxygens (including phenoxy) is 2. The molecule has 3 aromatic rings. The predicted molar refractivity (Wildman–Crippen MR) is 112 cm³/mol. The largest absolute Gasteiger partial charge is 0.496 e. The Kier molecular flexibility index (Phi) is 5.27. The van der Waals surface area contributed by atoms with Gasteiger partial charge in [-0.25, -0.2) is 4.79 Å². The fraction of sp³-hybridized carbons (Fsp3) is 0.348. The number of methoxy groups -OCH3 is 1. The van der Waals surface area contributed by atoms with Crippen molar-refractivity contribution < 1.29 is 19.4 Å². The van der Waals surface area contributed by atoms with E-state index in [0.717, 1.165) is 33.7 Å². The van der Waals surface area contributed by atoms with E-state index >= 15 is 0 Å². The van der Waals surface area contributed by atoms with E-state index in [1.165, 1.54) is 42.6 Å². The summed E-state index contributed by atoms with van der Waals surface area (Å²) in [6, 6.07) is 11.9. The molecule has 0 amide bonds. The lowest BCUT2D eigenvalue weighted by molar-refractivity contribution is 0.0700. The van der Waals surface area contributed by atoms with Gasteiger partial charge in [-0.15, -0.1) is 11.3 Å². The highest BCUT2D eigenvalue weighted by Gasteiger charge is 2.22. The van der Waals surface area contributed by atoms with Crippen LogP contribution in [0.15, 0.2) is 36.4 Å². The summed E-state index contributed by atoms with van der Waals surface area (Å²) in [7, 11) is 1.61. The summed E-state index contributed by atoms with van der Waals surface area (Å²) in [6.45, 7) is 1.95. The zero-order chi connectivity index (χ0) is 19.7. The number of aryl methyl sites for hydroxylation is 1. The first-order chi connectivity index (χ1) is 13.5. The molecule has 2 aromatic carbocycles. The first kappa shape index (κ1) is 18.8. The number of carbonyl (C=O) groups is 1. The van der Waals surface area contributed by atoms with Crippen LogP contribution in [0.5, 0.6) is 17.2 Å². The molecular formula is C23H24O4S. The van der Waals surface area contributed by atoms with Crippen LogP contribution in [0.4, 0.5) is 0 Å². The molecule has 5 heteroatoms. The lowest BCUT2D eigenvalue weighted by Crippen LogP contribution is -1.99. The van der Waals surface area contributed by atoms with Gasteiger partial charge in [-0.05, 0) is 54.7 Å². The van der Waals surface area contributed by atoms with E-state index in [1.54, 1.807) is 7.11 Å². The van der Waals surface area contributed by atoms with Gasteiger partial charge in [0.15, 0.2) is 10.6 Å². The molecule has 0 unspecified atom stereocenters. The van der Waals surface area contributed by atoms with Crippen LogP contribution in [0.25, 0.3) is 10.1 Å². The summed E-state index contributed by atoms with van der Waals surface area (Å²) in [5, 5.41) is 10.4. The number of aromatic carboxylic acids is 1. The summed E-state index contributed by atoms with van der Waals surface area (Å²) >= 11 is 1.23. The normalized spacial score (nSPS) is 14.5. The number of hydrogen-bond donors (Lipinski definition) is 1. The fourth-order valence-electron chi connectivity index (χ4n) is 4.02. The third kappa shape index (κ3) is 3.72. The molecular weight excluding hydrogens is 372 g/mol. The van der Waals surface area contributed by atoms with Gasteiger partial charge in [0.2, 0.25) is 0 Å². The highest BCUT2D eigenvalue weighted by Crippen LogP contribution is 2.43. The molecule has 0 spiro atoms. The van der Waals surface area contributed by atoms with E-state index in [9.17, 15) is 9.90 Å². The Balaban J connectivity index is 1.64. The second kappa shape index (κ2) is 7.84. The number of thiophene rings is 1. The first-order valence-corrected chi connectivity index (χ1v) is 10.5. The number of hydrogen-bond acceptors (Lipinski definition) is 4. The Morgan fingerprint density at radius 1 is 1.18 bits per heavy atom. The van der Waals surface area contributed by atoms with Crippen molar-refractivity contribution in [1.82, 2.24) is 0 Å². The van der Waals surface area contributed by atoms with Gasteiger partial charge in [-0.3, -0.25) is 0 Å². The molecule has 0 saturated heterocycles. The molecule has 0 atom stereocenters. The molecule has 1 aromatic heterocycles. The minimum atomic E-state index is -0.981. The summed E-state index contributed by atoms with van der Waals surface area (Å²) in [5.41, 5.74) is 2.28. The minimum Gasteiger partial charge on any atom is -0.496 e. The lowest BCUT2D eigenvalue weighted by atomic mass is 9.98. The van der Waals surface area contributed by atoms with E-state index in [0.29, 0.717) is 11.5 Å². The highest BCUT2D eigenvalue weighted by atomic mass is 32.1. The van der Waals surface area contributed by atoms with Crippen LogP contribution in [0.3, 0.4) is 0 Å². The van der Waals surface area contributed by atoms with Crippen LogP contribution in [0.2, 0.25) is 0 Å². The van der Waals surface area contributed by atoms with Crippen molar-refractivity contribution in [2.24, 2.45) is 5.92 Å². The number of carboxylic acids is 1. The topological polar surface area (TPSA) is 55.8 Å². The number of benzene rings is 2. The van der Waals surface area contributed by atoms with E-state index < -0.39 is 5.97 Å². The maximum atomic E-state index is 11.8. The van der Waals surface area contributed by atoms with Gasteiger partial charge >= 0.3 is 5.97 Å². The summed E-state index contributed by atoms with van der Waals surface area (Å²) in [4.78, 5) is 12.0. The first-order valence-electron chi connectivity index (χ1n) is 9.66. The lowest BCUT2D eigenvalue weighted by Gasteiger charge is -2.11. The van der Waals surface area contributed by atoms with Crippen LogP contribution >= 0.6 is 11.3 Å². The second-order valence-electron chi connectivity index (χ2n) is 7.48. The molecule has 1 aliphatic rings. The molecule has 0 bridgehead atoms. The third-order valence-corrected chi connectivity index (χ3v) is 6.62. The average molecular weight is 397 g/mol. The minimum absolute atomic E-state index is 0.206. The summed E-state index contributed by atoms with van der Waals surface area (Å²) in [5.74, 6) is 1.57. The monoisotopic (exact) mass is 396 g/mol. The summed E-state index contributed by atoms with van der Waals surface area (Å²) < 4.78 is 12.3. The highest BCUT2D eigenvalue weighted by molar-refractivity contribution is 7.21. The molecule has 1 heterocycles. The van der Waals surface area contributed by atoms with Gasteiger partial charge in [-0.2, -0.15) is 0 Å². The van der Waals surface area contributed by atoms with Crippen LogP contribution in [-0.2, 0) is 6.42 Å². The Bertz CT molecular complexity index is 998. The van der Waals surface area contributed by atoms with Crippen molar-refractivity contribution >= 4 is 27.4 Å². The van der Waals surface area contributed by atoms with Crippen molar-refractivity contribution in [3.8, 4) is 17.2 Å². The molecule has 4 nitrogen and oxygen atoms in total. The van der Waals surface area contributed by atoms with Gasteiger partial charge in [0.25, 0.3) is 0 Å². The van der Waals surface area contributed by atoms with Gasteiger partial charge in [-0.1, -0.05) is 37.8 Å². The molecule has 146 valence electrons. The molecule has 1 fully saturated rings. The summed E-state index contributed by atoms with van der Waals surface area (Å²) in [6.07, 6.45) is 6.44. The van der Waals surface area contributed by atoms with Crippen molar-refractivity contribution in [1.29, 1.82) is 0 Å². The van der Waals surface area contributed by atoms with E-state index in [4.69, 9.17) is 9.47 Å². The van der Waals surface area contributed by atoms with Gasteiger partial charge in [0, 0.05) is 10.1 Å². The molecule has 1 aliphatic carbocycles. The van der Waals surface area contributed by atoms with Crippen LogP contribution in [0, 0.1) is 12.8 Å². The zero-order valence-electron chi connectivity index (χ0n) is 16.2. The molecule has 4 rings (SSSR count). The Hall–Kier alpha value is -2.53. The molecule has 1 saturated carbocycles. The van der Waals surface area contributed by atoms with Gasteiger partial charge in [0.1, 0.15) is 11.5 Å². The van der Waals surface area contributed by atoms with Crippen LogP contribution < -0.4 is 9.47 Å². The maximum absolute atomic E-state index is 11.8. The van der Waals surface area contributed by atoms with E-state index in [1.807, 2.05) is 31.2 Å². The number of carboxylic acid groups (broad SMARTS) is 1. The molecule has 0 aliphatic heterocycles. The van der Waals surface area contributed by atoms with Crippen molar-refractivity contribution in [2.75, 3.05) is 7.11 Å². The predicted octanol–water partition coefficient (Wildman–Crippen LogP) is 6.44. The Labute approximate surface area is 168 Å². The fourth-order valence-corrected chi connectivity index (χ4v) is 5.07. The second-order valence-corrected chi connectivity index (χ2v) is 8.54. The van der Waals surface area contributed by atoms with Crippen LogP contribution in [0.1, 0.15) is 46.5 Å². The SMILES string of the molecule is COc1cc2c(Oc3ccc(CC4CCCC4)cc3)c(C(=O)O)sc2cc1C. The Morgan fingerprint density at radius 3 is 2.54 bits per heavy atom. The van der Waals surface area contributed by atoms with Crippen molar-refractivity contribution in [3.05, 3.63) is 52.4 Å². The van der Waals surface area contributed by atoms with Gasteiger partial charge < -0.3 is 14.6 Å². The van der Waals surface area contributed by atoms with E-state index in [-0.39, 0.29) is 4.88 Å². The molecule has 28 heavy (non-hydrogen) atoms. The Morgan fingerprint density at radius 2 is 1.89 bits per heavy atom. The quantitative estimate of drug-likeness (QED) is 0.521. The third-order valence-electron chi connectivity index (χ3n) is 5.50. The van der Waals surface area contributed by atoms with Crippen LogP contribution in [-0.4, -0.2) is 18.2 Å². The van der Waals surface area contributed by atoms with E-state index in [2.05, 4.69) is 12.1 Å². The van der Waals surface area contributed by atoms with Crippen molar-refractivity contribution in [3.63, 3.8) is 0 Å². The van der Waals surface area contributed by atoms with Gasteiger partial charge in [0.05, 0.1) is 7.11 Å². The van der Waals surface area contributed by atoms with Crippen molar-refractivity contribution in [2.45, 2.75) is 39.0 Å². The molecule has 1 N–H and O–H groups in total. The zero-order valence-corrected chi connectivity index (χ0v) is 17.0. The number of fused-ring (bicyclic) bond motifs is 1. The standard InChI is InChI=1S/C23H24O4S/c1-14-11-20-18(13-19(14)26-2)21(22(28-20)23(24)25)27-17-9-7-16(8-10-17)12-15-5-3-4-6-15/h7-11,13,15H,3-6,12H2,1-2H3,(H,24,25). The smallest absolute Gasteiger partial charge is 0.349 e.